The number of carbonyl (C=O) groups excluding carboxylic acids is 1. The molecule has 22 heavy (non-hydrogen) atoms. The largest absolute Gasteiger partial charge is 0.459 e. The van der Waals surface area contributed by atoms with Crippen molar-refractivity contribution in [2.75, 3.05) is 0 Å². The van der Waals surface area contributed by atoms with Gasteiger partial charge in [-0.3, -0.25) is 0 Å². The Bertz CT molecular complexity index is 646. The molecule has 0 radical (unpaired) electrons. The van der Waals surface area contributed by atoms with E-state index in [9.17, 15) is 13.2 Å². The van der Waals surface area contributed by atoms with E-state index in [-0.39, 0.29) is 17.0 Å². The third-order valence-electron chi connectivity index (χ3n) is 4.11. The molecule has 0 aromatic heterocycles. The molecule has 0 heterocycles. The standard InChI is InChI=1S/C16H21NO4S/c18-16(21-14-6-2-1-3-7-14)12-5-4-8-15(11-12)22(19,20)17-13-9-10-13/h4-5,8,11,13-14,17H,1-3,6-7,9-10H2. The Hall–Kier alpha value is -1.40. The molecule has 0 amide bonds. The maximum Gasteiger partial charge on any atom is 0.338 e. The topological polar surface area (TPSA) is 72.5 Å². The minimum atomic E-state index is -3.54. The van der Waals surface area contributed by atoms with Crippen LogP contribution in [0.15, 0.2) is 29.2 Å². The third-order valence-corrected chi connectivity index (χ3v) is 5.62. The second-order valence-corrected chi connectivity index (χ2v) is 7.80. The summed E-state index contributed by atoms with van der Waals surface area (Å²) in [5.41, 5.74) is 0.296. The Labute approximate surface area is 131 Å². The summed E-state index contributed by atoms with van der Waals surface area (Å²) < 4.78 is 32.5. The van der Waals surface area contributed by atoms with Gasteiger partial charge in [-0.25, -0.2) is 17.9 Å². The smallest absolute Gasteiger partial charge is 0.338 e. The molecule has 0 spiro atoms. The first-order chi connectivity index (χ1) is 10.5. The normalized spacial score (nSPS) is 19.8. The van der Waals surface area contributed by atoms with E-state index in [0.717, 1.165) is 38.5 Å². The van der Waals surface area contributed by atoms with Gasteiger partial charge in [-0.2, -0.15) is 0 Å². The lowest BCUT2D eigenvalue weighted by Crippen LogP contribution is -2.26. The Morgan fingerprint density at radius 3 is 2.50 bits per heavy atom. The monoisotopic (exact) mass is 323 g/mol. The summed E-state index contributed by atoms with van der Waals surface area (Å²) in [5.74, 6) is -0.435. The van der Waals surface area contributed by atoms with Gasteiger partial charge in [0.1, 0.15) is 6.10 Å². The zero-order chi connectivity index (χ0) is 15.6. The van der Waals surface area contributed by atoms with Crippen LogP contribution in [0.25, 0.3) is 0 Å². The summed E-state index contributed by atoms with van der Waals surface area (Å²) in [7, 11) is -3.54. The van der Waals surface area contributed by atoms with Crippen LogP contribution in [0.3, 0.4) is 0 Å². The molecule has 1 aromatic rings. The summed E-state index contributed by atoms with van der Waals surface area (Å²) >= 11 is 0. The molecule has 2 aliphatic rings. The zero-order valence-corrected chi connectivity index (χ0v) is 13.3. The van der Waals surface area contributed by atoms with Crippen molar-refractivity contribution >= 4 is 16.0 Å². The van der Waals surface area contributed by atoms with Gasteiger partial charge in [0.15, 0.2) is 0 Å². The molecular weight excluding hydrogens is 302 g/mol. The first kappa shape index (κ1) is 15.5. The summed E-state index contributed by atoms with van der Waals surface area (Å²) in [6.45, 7) is 0. The van der Waals surface area contributed by atoms with Gasteiger partial charge >= 0.3 is 5.97 Å². The number of rotatable bonds is 5. The lowest BCUT2D eigenvalue weighted by molar-refractivity contribution is 0.0211. The number of sulfonamides is 1. The Morgan fingerprint density at radius 1 is 1.09 bits per heavy atom. The van der Waals surface area contributed by atoms with Gasteiger partial charge in [0, 0.05) is 6.04 Å². The molecule has 120 valence electrons. The first-order valence-electron chi connectivity index (χ1n) is 7.88. The van der Waals surface area contributed by atoms with Crippen LogP contribution in [-0.2, 0) is 14.8 Å². The molecule has 0 unspecified atom stereocenters. The summed E-state index contributed by atoms with van der Waals surface area (Å²) in [6.07, 6.45) is 6.86. The van der Waals surface area contributed by atoms with Crippen molar-refractivity contribution in [1.82, 2.24) is 4.72 Å². The second-order valence-electron chi connectivity index (χ2n) is 6.09. The van der Waals surface area contributed by atoms with Crippen molar-refractivity contribution in [3.63, 3.8) is 0 Å². The summed E-state index contributed by atoms with van der Waals surface area (Å²) in [6, 6.07) is 6.13. The lowest BCUT2D eigenvalue weighted by Gasteiger charge is -2.21. The molecule has 2 saturated carbocycles. The van der Waals surface area contributed by atoms with Crippen LogP contribution in [0.2, 0.25) is 0 Å². The van der Waals surface area contributed by atoms with Crippen molar-refractivity contribution in [2.45, 2.75) is 62.0 Å². The van der Waals surface area contributed by atoms with E-state index in [4.69, 9.17) is 4.74 Å². The molecule has 2 aliphatic carbocycles. The number of hydrogen-bond acceptors (Lipinski definition) is 4. The predicted molar refractivity (Wildman–Crippen MR) is 82.1 cm³/mol. The van der Waals surface area contributed by atoms with Crippen molar-refractivity contribution in [3.8, 4) is 0 Å². The van der Waals surface area contributed by atoms with Crippen LogP contribution < -0.4 is 4.72 Å². The minimum Gasteiger partial charge on any atom is -0.459 e. The molecule has 5 nitrogen and oxygen atoms in total. The average Bonchev–Trinajstić information content (AvgIpc) is 3.32. The number of hydrogen-bond donors (Lipinski definition) is 1. The quantitative estimate of drug-likeness (QED) is 0.846. The fourth-order valence-corrected chi connectivity index (χ4v) is 4.03. The van der Waals surface area contributed by atoms with Crippen molar-refractivity contribution in [1.29, 1.82) is 0 Å². The Morgan fingerprint density at radius 2 is 1.82 bits per heavy atom. The lowest BCUT2D eigenvalue weighted by atomic mass is 9.98. The SMILES string of the molecule is O=C(OC1CCCCC1)c1cccc(S(=O)(=O)NC2CC2)c1. The molecule has 3 rings (SSSR count). The molecule has 6 heteroatoms. The van der Waals surface area contributed by atoms with Gasteiger partial charge in [-0.15, -0.1) is 0 Å². The summed E-state index contributed by atoms with van der Waals surface area (Å²) in [4.78, 5) is 12.3. The van der Waals surface area contributed by atoms with E-state index in [1.807, 2.05) is 0 Å². The first-order valence-corrected chi connectivity index (χ1v) is 9.36. The van der Waals surface area contributed by atoms with Crippen molar-refractivity contribution in [3.05, 3.63) is 29.8 Å². The molecule has 1 N–H and O–H groups in total. The zero-order valence-electron chi connectivity index (χ0n) is 12.5. The van der Waals surface area contributed by atoms with Gasteiger partial charge in [-0.1, -0.05) is 12.5 Å². The number of benzene rings is 1. The van der Waals surface area contributed by atoms with Crippen LogP contribution in [0.4, 0.5) is 0 Å². The Balaban J connectivity index is 1.71. The minimum absolute atomic E-state index is 0.0360. The van der Waals surface area contributed by atoms with Gasteiger partial charge in [0.05, 0.1) is 10.5 Å². The van der Waals surface area contributed by atoms with E-state index < -0.39 is 16.0 Å². The van der Waals surface area contributed by atoms with Gasteiger partial charge in [0.2, 0.25) is 10.0 Å². The van der Waals surface area contributed by atoms with Crippen molar-refractivity contribution in [2.24, 2.45) is 0 Å². The fraction of sp³-hybridized carbons (Fsp3) is 0.562. The predicted octanol–water partition coefficient (Wildman–Crippen LogP) is 2.62. The number of ether oxygens (including phenoxy) is 1. The number of carbonyl (C=O) groups is 1. The van der Waals surface area contributed by atoms with Crippen LogP contribution in [-0.4, -0.2) is 26.5 Å². The second kappa shape index (κ2) is 6.38. The van der Waals surface area contributed by atoms with Crippen LogP contribution in [0, 0.1) is 0 Å². The van der Waals surface area contributed by atoms with E-state index >= 15 is 0 Å². The highest BCUT2D eigenvalue weighted by atomic mass is 32.2. The third kappa shape index (κ3) is 3.87. The molecule has 1 aromatic carbocycles. The van der Waals surface area contributed by atoms with E-state index in [1.165, 1.54) is 18.6 Å². The molecular formula is C16H21NO4S. The van der Waals surface area contributed by atoms with Gasteiger partial charge < -0.3 is 4.74 Å². The number of esters is 1. The maximum absolute atomic E-state index is 12.2. The highest BCUT2D eigenvalue weighted by molar-refractivity contribution is 7.89. The molecule has 0 aliphatic heterocycles. The summed E-state index contributed by atoms with van der Waals surface area (Å²) in [5, 5.41) is 0. The Kier molecular flexibility index (Phi) is 4.49. The average molecular weight is 323 g/mol. The molecule has 2 fully saturated rings. The highest BCUT2D eigenvalue weighted by Gasteiger charge is 2.28. The highest BCUT2D eigenvalue weighted by Crippen LogP contribution is 2.24. The van der Waals surface area contributed by atoms with Crippen LogP contribution in [0.5, 0.6) is 0 Å². The van der Waals surface area contributed by atoms with Crippen LogP contribution in [0.1, 0.15) is 55.3 Å². The molecule has 0 bridgehead atoms. The van der Waals surface area contributed by atoms with Crippen LogP contribution >= 0.6 is 0 Å². The van der Waals surface area contributed by atoms with E-state index in [2.05, 4.69) is 4.72 Å². The number of nitrogens with one attached hydrogen (secondary N) is 1. The van der Waals surface area contributed by atoms with Gasteiger partial charge in [-0.05, 0) is 56.7 Å². The fourth-order valence-electron chi connectivity index (χ4n) is 2.68. The van der Waals surface area contributed by atoms with Crippen molar-refractivity contribution < 1.29 is 17.9 Å². The molecule has 0 saturated heterocycles. The van der Waals surface area contributed by atoms with E-state index in [1.54, 1.807) is 12.1 Å². The van der Waals surface area contributed by atoms with Gasteiger partial charge in [0.25, 0.3) is 0 Å². The van der Waals surface area contributed by atoms with E-state index in [0.29, 0.717) is 5.56 Å². The maximum atomic E-state index is 12.2. The molecule has 0 atom stereocenters.